The summed E-state index contributed by atoms with van der Waals surface area (Å²) in [5.74, 6) is 0.790. The van der Waals surface area contributed by atoms with Crippen LogP contribution in [0, 0.1) is 0 Å². The van der Waals surface area contributed by atoms with Gasteiger partial charge in [-0.25, -0.2) is 4.99 Å². The highest BCUT2D eigenvalue weighted by Gasteiger charge is 2.13. The summed E-state index contributed by atoms with van der Waals surface area (Å²) in [7, 11) is 3.34. The second-order valence-corrected chi connectivity index (χ2v) is 2.99. The Labute approximate surface area is 78.9 Å². The minimum atomic E-state index is 0.192. The van der Waals surface area contributed by atoms with E-state index in [2.05, 4.69) is 4.99 Å². The van der Waals surface area contributed by atoms with E-state index in [4.69, 9.17) is 14.2 Å². The average molecular weight is 187 g/mol. The zero-order valence-corrected chi connectivity index (χ0v) is 8.28. The summed E-state index contributed by atoms with van der Waals surface area (Å²) in [5, 5.41) is 0. The molecule has 1 heterocycles. The number of nitrogens with zero attached hydrogens (tertiary/aromatic N) is 1. The molecule has 0 saturated carbocycles. The van der Waals surface area contributed by atoms with Crippen LogP contribution in [0.5, 0.6) is 0 Å². The average Bonchev–Trinajstić information content (AvgIpc) is 2.39. The first-order valence-electron chi connectivity index (χ1n) is 4.54. The van der Waals surface area contributed by atoms with Crippen molar-refractivity contribution in [3.05, 3.63) is 0 Å². The van der Waals surface area contributed by atoms with E-state index in [9.17, 15) is 0 Å². The Hall–Kier alpha value is -0.610. The van der Waals surface area contributed by atoms with Gasteiger partial charge in [0.25, 0.3) is 0 Å². The van der Waals surface area contributed by atoms with Crippen LogP contribution < -0.4 is 0 Å². The largest absolute Gasteiger partial charge is 0.484 e. The third-order valence-corrected chi connectivity index (χ3v) is 1.99. The predicted octanol–water partition coefficient (Wildman–Crippen LogP) is 0.857. The fourth-order valence-electron chi connectivity index (χ4n) is 1.24. The number of aliphatic imine (C=N–C) groups is 1. The maximum Gasteiger partial charge on any atom is 0.185 e. The van der Waals surface area contributed by atoms with Crippen molar-refractivity contribution >= 4 is 5.90 Å². The summed E-state index contributed by atoms with van der Waals surface area (Å²) in [4.78, 5) is 4.42. The fraction of sp³-hybridized carbons (Fsp3) is 0.889. The summed E-state index contributed by atoms with van der Waals surface area (Å²) in [6.45, 7) is 2.10. The highest BCUT2D eigenvalue weighted by molar-refractivity contribution is 5.76. The van der Waals surface area contributed by atoms with Crippen molar-refractivity contribution in [2.24, 2.45) is 4.99 Å². The van der Waals surface area contributed by atoms with Crippen molar-refractivity contribution in [1.29, 1.82) is 0 Å². The van der Waals surface area contributed by atoms with Gasteiger partial charge in [-0.1, -0.05) is 0 Å². The van der Waals surface area contributed by atoms with E-state index in [0.717, 1.165) is 18.7 Å². The van der Waals surface area contributed by atoms with Crippen LogP contribution in [-0.4, -0.2) is 46.0 Å². The van der Waals surface area contributed by atoms with Crippen molar-refractivity contribution in [2.75, 3.05) is 34.0 Å². The van der Waals surface area contributed by atoms with Gasteiger partial charge in [0, 0.05) is 20.1 Å². The number of ether oxygens (including phenoxy) is 3. The molecular formula is C9H17NO3. The molecule has 1 rings (SSSR count). The second-order valence-electron chi connectivity index (χ2n) is 2.99. The SMILES string of the molecule is COCCC1COCCC(OC)=N1. The molecule has 0 aliphatic carbocycles. The molecule has 1 atom stereocenters. The van der Waals surface area contributed by atoms with Crippen molar-refractivity contribution in [3.8, 4) is 0 Å². The Balaban J connectivity index is 2.41. The van der Waals surface area contributed by atoms with Gasteiger partial charge in [-0.3, -0.25) is 0 Å². The molecule has 0 radical (unpaired) electrons. The number of rotatable bonds is 3. The molecule has 13 heavy (non-hydrogen) atoms. The summed E-state index contributed by atoms with van der Waals surface area (Å²) in [6.07, 6.45) is 1.67. The topological polar surface area (TPSA) is 40.0 Å². The lowest BCUT2D eigenvalue weighted by Crippen LogP contribution is -2.15. The molecule has 0 aromatic carbocycles. The van der Waals surface area contributed by atoms with Gasteiger partial charge in [-0.15, -0.1) is 0 Å². The van der Waals surface area contributed by atoms with Crippen molar-refractivity contribution < 1.29 is 14.2 Å². The van der Waals surface area contributed by atoms with E-state index < -0.39 is 0 Å². The van der Waals surface area contributed by atoms with Crippen molar-refractivity contribution in [3.63, 3.8) is 0 Å². The van der Waals surface area contributed by atoms with E-state index >= 15 is 0 Å². The van der Waals surface area contributed by atoms with E-state index in [0.29, 0.717) is 19.8 Å². The highest BCUT2D eigenvalue weighted by atomic mass is 16.5. The Bertz CT molecular complexity index is 170. The molecule has 1 aliphatic rings. The molecule has 1 aliphatic heterocycles. The van der Waals surface area contributed by atoms with Crippen LogP contribution >= 0.6 is 0 Å². The lowest BCUT2D eigenvalue weighted by atomic mass is 10.2. The Kier molecular flexibility index (Phi) is 4.78. The lowest BCUT2D eigenvalue weighted by Gasteiger charge is -2.09. The van der Waals surface area contributed by atoms with Crippen LogP contribution in [0.1, 0.15) is 12.8 Å². The monoisotopic (exact) mass is 187 g/mol. The first-order chi connectivity index (χ1) is 6.36. The summed E-state index contributed by atoms with van der Waals surface area (Å²) >= 11 is 0. The molecule has 0 aromatic heterocycles. The maximum atomic E-state index is 5.39. The van der Waals surface area contributed by atoms with Gasteiger partial charge in [0.2, 0.25) is 0 Å². The maximum absolute atomic E-state index is 5.39. The van der Waals surface area contributed by atoms with Gasteiger partial charge < -0.3 is 14.2 Å². The molecule has 1 unspecified atom stereocenters. The predicted molar refractivity (Wildman–Crippen MR) is 50.2 cm³/mol. The van der Waals surface area contributed by atoms with E-state index in [1.807, 2.05) is 0 Å². The van der Waals surface area contributed by atoms with Crippen LogP contribution in [-0.2, 0) is 14.2 Å². The van der Waals surface area contributed by atoms with Crippen LogP contribution in [0.2, 0.25) is 0 Å². The van der Waals surface area contributed by atoms with Gasteiger partial charge in [0.1, 0.15) is 0 Å². The van der Waals surface area contributed by atoms with E-state index in [-0.39, 0.29) is 6.04 Å². The van der Waals surface area contributed by atoms with Gasteiger partial charge in [-0.05, 0) is 6.42 Å². The smallest absolute Gasteiger partial charge is 0.185 e. The summed E-state index contributed by atoms with van der Waals surface area (Å²) in [6, 6.07) is 0.192. The molecule has 0 spiro atoms. The highest BCUT2D eigenvalue weighted by Crippen LogP contribution is 2.06. The zero-order chi connectivity index (χ0) is 9.52. The molecule has 4 heteroatoms. The Morgan fingerprint density at radius 2 is 2.38 bits per heavy atom. The van der Waals surface area contributed by atoms with Gasteiger partial charge in [-0.2, -0.15) is 0 Å². The van der Waals surface area contributed by atoms with Crippen LogP contribution in [0.4, 0.5) is 0 Å². The first-order valence-corrected chi connectivity index (χ1v) is 4.54. The standard InChI is InChI=1S/C9H17NO3/c1-11-5-3-8-7-13-6-4-9(10-8)12-2/h8H,3-7H2,1-2H3. The summed E-state index contributed by atoms with van der Waals surface area (Å²) in [5.41, 5.74) is 0. The Morgan fingerprint density at radius 1 is 1.54 bits per heavy atom. The number of methoxy groups -OCH3 is 2. The molecule has 4 nitrogen and oxygen atoms in total. The van der Waals surface area contributed by atoms with Crippen LogP contribution in [0.15, 0.2) is 4.99 Å². The fourth-order valence-corrected chi connectivity index (χ4v) is 1.24. The zero-order valence-electron chi connectivity index (χ0n) is 8.28. The molecule has 0 amide bonds. The molecule has 76 valence electrons. The third kappa shape index (κ3) is 3.74. The van der Waals surface area contributed by atoms with Crippen molar-refractivity contribution in [2.45, 2.75) is 18.9 Å². The summed E-state index contributed by atoms with van der Waals surface area (Å²) < 4.78 is 15.5. The number of hydrogen-bond acceptors (Lipinski definition) is 4. The van der Waals surface area contributed by atoms with Gasteiger partial charge >= 0.3 is 0 Å². The quantitative estimate of drug-likeness (QED) is 0.657. The van der Waals surface area contributed by atoms with Crippen molar-refractivity contribution in [1.82, 2.24) is 0 Å². The number of hydrogen-bond donors (Lipinski definition) is 0. The van der Waals surface area contributed by atoms with Gasteiger partial charge in [0.05, 0.1) is 26.4 Å². The normalized spacial score (nSPS) is 23.5. The second kappa shape index (κ2) is 5.94. The molecule has 0 aromatic rings. The minimum absolute atomic E-state index is 0.192. The molecular weight excluding hydrogens is 170 g/mol. The molecule has 0 fully saturated rings. The van der Waals surface area contributed by atoms with E-state index in [1.54, 1.807) is 14.2 Å². The van der Waals surface area contributed by atoms with Crippen LogP contribution in [0.25, 0.3) is 0 Å². The van der Waals surface area contributed by atoms with E-state index in [1.165, 1.54) is 0 Å². The van der Waals surface area contributed by atoms with Gasteiger partial charge in [0.15, 0.2) is 5.90 Å². The molecule has 0 N–H and O–H groups in total. The van der Waals surface area contributed by atoms with Crippen LogP contribution in [0.3, 0.4) is 0 Å². The molecule has 0 saturated heterocycles. The lowest BCUT2D eigenvalue weighted by molar-refractivity contribution is 0.116. The minimum Gasteiger partial charge on any atom is -0.484 e. The molecule has 0 bridgehead atoms. The first kappa shape index (κ1) is 10.5. The Morgan fingerprint density at radius 3 is 3.08 bits per heavy atom. The third-order valence-electron chi connectivity index (χ3n) is 1.99.